The molecule has 2 amide bonds. The van der Waals surface area contributed by atoms with E-state index in [2.05, 4.69) is 34.9 Å². The summed E-state index contributed by atoms with van der Waals surface area (Å²) in [6.45, 7) is 4.53. The molecule has 0 aliphatic rings. The second-order valence-corrected chi connectivity index (χ2v) is 11.2. The van der Waals surface area contributed by atoms with Crippen molar-refractivity contribution >= 4 is 24.2 Å². The summed E-state index contributed by atoms with van der Waals surface area (Å²) in [4.78, 5) is 23.7. The Bertz CT molecular complexity index is 542. The molecule has 0 saturated heterocycles. The molecule has 0 unspecified atom stereocenters. The van der Waals surface area contributed by atoms with E-state index in [1.54, 1.807) is 12.4 Å². The second-order valence-electron chi connectivity index (χ2n) is 11.2. The number of amides is 2. The number of carbonyl (C=O) groups excluding carboxylic acids is 2. The van der Waals surface area contributed by atoms with Gasteiger partial charge in [0.15, 0.2) is 0 Å². The normalized spacial score (nSPS) is 11.5. The minimum absolute atomic E-state index is 0.141. The molecule has 0 atom stereocenters. The van der Waals surface area contributed by atoms with E-state index in [-0.39, 0.29) is 11.8 Å². The zero-order chi connectivity index (χ0) is 28.5. The zero-order valence-electron chi connectivity index (χ0n) is 26.0. The third-order valence-corrected chi connectivity index (χ3v) is 7.24. The molecule has 0 spiro atoms. The van der Waals surface area contributed by atoms with E-state index in [4.69, 9.17) is 0 Å². The van der Waals surface area contributed by atoms with Crippen molar-refractivity contribution in [3.8, 4) is 0 Å². The van der Waals surface area contributed by atoms with Crippen LogP contribution < -0.4 is 10.9 Å². The van der Waals surface area contributed by atoms with Crippen LogP contribution in [0.3, 0.4) is 0 Å². The van der Waals surface area contributed by atoms with Crippen LogP contribution in [-0.4, -0.2) is 24.2 Å². The molecule has 0 aromatic carbocycles. The lowest BCUT2D eigenvalue weighted by Gasteiger charge is -2.02. The van der Waals surface area contributed by atoms with Gasteiger partial charge in [0, 0.05) is 25.3 Å². The highest BCUT2D eigenvalue weighted by Crippen LogP contribution is 2.12. The SMILES string of the molecule is CCCCCCCCCCCCCC=NNC(=O)CCCC(=O)NN=CCCCCCCCCCCCCC. The smallest absolute Gasteiger partial charge is 0.240 e. The number of hydrogen-bond acceptors (Lipinski definition) is 4. The molecule has 6 nitrogen and oxygen atoms in total. The van der Waals surface area contributed by atoms with Crippen LogP contribution in [0.1, 0.15) is 187 Å². The van der Waals surface area contributed by atoms with E-state index in [0.717, 1.165) is 25.7 Å². The zero-order valence-corrected chi connectivity index (χ0v) is 26.0. The van der Waals surface area contributed by atoms with Crippen molar-refractivity contribution in [1.29, 1.82) is 0 Å². The van der Waals surface area contributed by atoms with Crippen LogP contribution in [0.2, 0.25) is 0 Å². The number of carbonyl (C=O) groups is 2. The van der Waals surface area contributed by atoms with Gasteiger partial charge in [-0.1, -0.05) is 142 Å². The first-order chi connectivity index (χ1) is 19.2. The molecule has 2 N–H and O–H groups in total. The summed E-state index contributed by atoms with van der Waals surface area (Å²) >= 11 is 0. The number of unbranched alkanes of at least 4 members (excludes halogenated alkanes) is 22. The number of hydrazone groups is 2. The fourth-order valence-electron chi connectivity index (χ4n) is 4.69. The Morgan fingerprint density at radius 1 is 0.436 bits per heavy atom. The highest BCUT2D eigenvalue weighted by Gasteiger charge is 2.03. The Hall–Kier alpha value is -1.72. The molecule has 0 heterocycles. The molecule has 0 bridgehead atoms. The average Bonchev–Trinajstić information content (AvgIpc) is 2.93. The minimum Gasteiger partial charge on any atom is -0.273 e. The first-order valence-corrected chi connectivity index (χ1v) is 16.8. The molecule has 0 aromatic rings. The maximum Gasteiger partial charge on any atom is 0.240 e. The van der Waals surface area contributed by atoms with Crippen molar-refractivity contribution in [2.45, 2.75) is 187 Å². The van der Waals surface area contributed by atoms with Gasteiger partial charge in [-0.25, -0.2) is 10.9 Å². The summed E-state index contributed by atoms with van der Waals surface area (Å²) in [6.07, 6.45) is 35.7. The third-order valence-electron chi connectivity index (χ3n) is 7.24. The van der Waals surface area contributed by atoms with Crippen molar-refractivity contribution in [2.75, 3.05) is 0 Å². The monoisotopic (exact) mass is 549 g/mol. The molecule has 0 aliphatic heterocycles. The fraction of sp³-hybridized carbons (Fsp3) is 0.879. The van der Waals surface area contributed by atoms with Crippen molar-refractivity contribution in [3.63, 3.8) is 0 Å². The predicted molar refractivity (Wildman–Crippen MR) is 169 cm³/mol. The van der Waals surface area contributed by atoms with Gasteiger partial charge >= 0.3 is 0 Å². The molecule has 39 heavy (non-hydrogen) atoms. The molecule has 0 rings (SSSR count). The quantitative estimate of drug-likeness (QED) is 0.0532. The van der Waals surface area contributed by atoms with E-state index in [0.29, 0.717) is 19.3 Å². The maximum absolute atomic E-state index is 11.9. The van der Waals surface area contributed by atoms with E-state index in [1.807, 2.05) is 0 Å². The molecule has 0 radical (unpaired) electrons. The van der Waals surface area contributed by atoms with E-state index < -0.39 is 0 Å². The van der Waals surface area contributed by atoms with Crippen molar-refractivity contribution < 1.29 is 9.59 Å². The molecular formula is C33H64N4O2. The van der Waals surface area contributed by atoms with Crippen LogP contribution in [0.5, 0.6) is 0 Å². The molecule has 0 fully saturated rings. The van der Waals surface area contributed by atoms with Crippen LogP contribution in [0.4, 0.5) is 0 Å². The predicted octanol–water partition coefficient (Wildman–Crippen LogP) is 9.76. The van der Waals surface area contributed by atoms with Gasteiger partial charge in [0.05, 0.1) is 0 Å². The summed E-state index contributed by atoms with van der Waals surface area (Å²) in [7, 11) is 0. The summed E-state index contributed by atoms with van der Waals surface area (Å²) in [5, 5.41) is 8.05. The summed E-state index contributed by atoms with van der Waals surface area (Å²) in [6, 6.07) is 0. The second kappa shape index (κ2) is 32.5. The summed E-state index contributed by atoms with van der Waals surface area (Å²) in [5.41, 5.74) is 5.13. The van der Waals surface area contributed by atoms with Crippen LogP contribution in [0.25, 0.3) is 0 Å². The highest BCUT2D eigenvalue weighted by molar-refractivity contribution is 5.79. The fourth-order valence-corrected chi connectivity index (χ4v) is 4.69. The first-order valence-electron chi connectivity index (χ1n) is 16.8. The first kappa shape index (κ1) is 37.3. The Morgan fingerprint density at radius 3 is 1.03 bits per heavy atom. The minimum atomic E-state index is -0.141. The lowest BCUT2D eigenvalue weighted by molar-refractivity contribution is -0.122. The van der Waals surface area contributed by atoms with E-state index in [9.17, 15) is 9.59 Å². The lowest BCUT2D eigenvalue weighted by atomic mass is 10.1. The van der Waals surface area contributed by atoms with Gasteiger partial charge in [-0.15, -0.1) is 0 Å². The largest absolute Gasteiger partial charge is 0.273 e. The van der Waals surface area contributed by atoms with Gasteiger partial charge in [-0.3, -0.25) is 9.59 Å². The lowest BCUT2D eigenvalue weighted by Crippen LogP contribution is -2.20. The van der Waals surface area contributed by atoms with Gasteiger partial charge in [-0.2, -0.15) is 10.2 Å². The van der Waals surface area contributed by atoms with E-state index in [1.165, 1.54) is 128 Å². The summed E-state index contributed by atoms with van der Waals surface area (Å²) < 4.78 is 0. The third kappa shape index (κ3) is 32.4. The Labute approximate surface area is 242 Å². The molecule has 6 heteroatoms. The summed E-state index contributed by atoms with van der Waals surface area (Å²) in [5.74, 6) is -0.282. The standard InChI is InChI=1S/C33H64N4O2/c1-3-5-7-9-11-13-15-17-19-21-23-25-30-34-36-32(38)28-27-29-33(39)37-35-31-26-24-22-20-18-16-14-12-10-8-6-4-2/h30-31H,3-29H2,1-2H3,(H,36,38)(H,37,39). The van der Waals surface area contributed by atoms with Gasteiger partial charge in [-0.05, 0) is 32.1 Å². The molecule has 0 saturated carbocycles. The van der Waals surface area contributed by atoms with E-state index >= 15 is 0 Å². The van der Waals surface area contributed by atoms with Crippen LogP contribution >= 0.6 is 0 Å². The molecule has 228 valence electrons. The number of nitrogens with one attached hydrogen (secondary N) is 2. The van der Waals surface area contributed by atoms with Crippen molar-refractivity contribution in [1.82, 2.24) is 10.9 Å². The van der Waals surface area contributed by atoms with Crippen molar-refractivity contribution in [2.24, 2.45) is 10.2 Å². The molecular weight excluding hydrogens is 484 g/mol. The highest BCUT2D eigenvalue weighted by atomic mass is 16.2. The molecule has 0 aliphatic carbocycles. The van der Waals surface area contributed by atoms with Crippen LogP contribution in [0.15, 0.2) is 10.2 Å². The average molecular weight is 549 g/mol. The molecule has 0 aromatic heterocycles. The number of rotatable bonds is 30. The van der Waals surface area contributed by atoms with Crippen LogP contribution in [0, 0.1) is 0 Å². The van der Waals surface area contributed by atoms with Crippen LogP contribution in [-0.2, 0) is 9.59 Å². The number of nitrogens with zero attached hydrogens (tertiary/aromatic N) is 2. The van der Waals surface area contributed by atoms with Gasteiger partial charge in [0.25, 0.3) is 0 Å². The Balaban J connectivity index is 3.41. The van der Waals surface area contributed by atoms with Crippen molar-refractivity contribution in [3.05, 3.63) is 0 Å². The Morgan fingerprint density at radius 2 is 0.718 bits per heavy atom. The Kier molecular flexibility index (Phi) is 31.1. The van der Waals surface area contributed by atoms with Gasteiger partial charge in [0.2, 0.25) is 11.8 Å². The topological polar surface area (TPSA) is 82.9 Å². The van der Waals surface area contributed by atoms with Gasteiger partial charge in [0.1, 0.15) is 0 Å². The number of hydrogen-bond donors (Lipinski definition) is 2. The maximum atomic E-state index is 11.9. The van der Waals surface area contributed by atoms with Gasteiger partial charge < -0.3 is 0 Å².